The van der Waals surface area contributed by atoms with Gasteiger partial charge in [0, 0.05) is 50.7 Å². The van der Waals surface area contributed by atoms with E-state index in [-0.39, 0.29) is 12.1 Å². The second-order valence-corrected chi connectivity index (χ2v) is 10.6. The first-order valence-corrected chi connectivity index (χ1v) is 14.3. The quantitative estimate of drug-likeness (QED) is 0.127. The number of carboxylic acid groups (broad SMARTS) is 2. The number of carboxylic acids is 2. The number of amides is 2. The number of nitrogens with zero attached hydrogens (tertiary/aromatic N) is 5. The summed E-state index contributed by atoms with van der Waals surface area (Å²) in [5, 5.41) is 30.6. The van der Waals surface area contributed by atoms with Gasteiger partial charge in [-0.2, -0.15) is 5.26 Å². The van der Waals surface area contributed by atoms with E-state index >= 15 is 0 Å². The van der Waals surface area contributed by atoms with Crippen LogP contribution in [0.3, 0.4) is 0 Å². The number of aliphatic imine (C=N–C) groups is 1. The fourth-order valence-corrected chi connectivity index (χ4v) is 4.47. The molecule has 0 aliphatic carbocycles. The van der Waals surface area contributed by atoms with Gasteiger partial charge in [-0.25, -0.2) is 9.79 Å². The van der Waals surface area contributed by atoms with Crippen molar-refractivity contribution in [1.82, 2.24) is 20.0 Å². The molecule has 1 aliphatic rings. The van der Waals surface area contributed by atoms with E-state index in [1.165, 1.54) is 0 Å². The molecule has 4 N–H and O–H groups in total. The first-order chi connectivity index (χ1) is 21.4. The third-order valence-electron chi connectivity index (χ3n) is 6.03. The number of urea groups is 1. The van der Waals surface area contributed by atoms with Gasteiger partial charge in [-0.3, -0.25) is 14.9 Å². The smallest absolute Gasteiger partial charge is 0.322 e. The lowest BCUT2D eigenvalue weighted by molar-refractivity contribution is -0.135. The number of piperazine rings is 1. The van der Waals surface area contributed by atoms with Gasteiger partial charge in [0.1, 0.15) is 0 Å². The maximum absolute atomic E-state index is 13.3. The molecule has 4 rings (SSSR count). The summed E-state index contributed by atoms with van der Waals surface area (Å²) < 4.78 is 0. The molecule has 45 heavy (non-hydrogen) atoms. The zero-order valence-corrected chi connectivity index (χ0v) is 26.4. The van der Waals surface area contributed by atoms with E-state index in [1.54, 1.807) is 24.3 Å². The highest BCUT2D eigenvalue weighted by Gasteiger charge is 2.33. The monoisotopic (exact) mass is 635 g/mol. The van der Waals surface area contributed by atoms with Crippen LogP contribution >= 0.6 is 11.6 Å². The third kappa shape index (κ3) is 13.4. The van der Waals surface area contributed by atoms with Crippen molar-refractivity contribution >= 4 is 46.9 Å². The largest absolute Gasteiger partial charge is 0.481 e. The molecule has 1 fully saturated rings. The number of anilines is 1. The van der Waals surface area contributed by atoms with Crippen molar-refractivity contribution in [3.8, 4) is 6.19 Å². The molecule has 12 nitrogen and oxygen atoms in total. The van der Waals surface area contributed by atoms with Crippen molar-refractivity contribution in [2.75, 3.05) is 39.0 Å². The second-order valence-electron chi connectivity index (χ2n) is 10.1. The van der Waals surface area contributed by atoms with Gasteiger partial charge in [0.15, 0.2) is 6.19 Å². The Bertz CT molecular complexity index is 1460. The molecule has 0 radical (unpaired) electrons. The number of guanidine groups is 1. The summed E-state index contributed by atoms with van der Waals surface area (Å²) >= 11 is 5.99. The number of benzene rings is 3. The van der Waals surface area contributed by atoms with Crippen LogP contribution in [0.5, 0.6) is 0 Å². The van der Waals surface area contributed by atoms with Gasteiger partial charge >= 0.3 is 6.03 Å². The van der Waals surface area contributed by atoms with Crippen molar-refractivity contribution in [3.05, 3.63) is 95.0 Å². The van der Waals surface area contributed by atoms with E-state index in [2.05, 4.69) is 21.6 Å². The molecule has 2 amide bonds. The molecule has 3 aromatic rings. The van der Waals surface area contributed by atoms with Gasteiger partial charge in [-0.15, -0.1) is 0 Å². The number of hydrogen-bond donors (Lipinski definition) is 4. The number of hydrogen-bond acceptors (Lipinski definition) is 6. The van der Waals surface area contributed by atoms with Crippen molar-refractivity contribution in [2.24, 2.45) is 4.99 Å². The molecule has 1 atom stereocenters. The van der Waals surface area contributed by atoms with E-state index in [4.69, 9.17) is 36.4 Å². The van der Waals surface area contributed by atoms with Gasteiger partial charge in [0.2, 0.25) is 5.96 Å². The number of nitrogens with one attached hydrogen (secondary N) is 2. The van der Waals surface area contributed by atoms with Crippen LogP contribution in [-0.4, -0.2) is 82.6 Å². The Kier molecular flexibility index (Phi) is 14.8. The van der Waals surface area contributed by atoms with Crippen LogP contribution in [0, 0.1) is 11.5 Å². The number of aliphatic carboxylic acids is 2. The maximum Gasteiger partial charge on any atom is 0.322 e. The van der Waals surface area contributed by atoms with E-state index in [0.29, 0.717) is 36.3 Å². The van der Waals surface area contributed by atoms with Crippen LogP contribution < -0.4 is 10.6 Å². The van der Waals surface area contributed by atoms with Crippen LogP contribution in [0.2, 0.25) is 5.02 Å². The minimum atomic E-state index is -0.833. The van der Waals surface area contributed by atoms with E-state index < -0.39 is 11.9 Å². The normalized spacial score (nSPS) is 14.2. The third-order valence-corrected chi connectivity index (χ3v) is 6.28. The fourth-order valence-electron chi connectivity index (χ4n) is 4.35. The Morgan fingerprint density at radius 1 is 0.978 bits per heavy atom. The topological polar surface area (TPSA) is 162 Å². The Labute approximate surface area is 268 Å². The molecule has 13 heteroatoms. The van der Waals surface area contributed by atoms with Crippen LogP contribution in [0.4, 0.5) is 16.2 Å². The number of rotatable bonds is 5. The summed E-state index contributed by atoms with van der Waals surface area (Å²) in [5.74, 6) is -1.21. The lowest BCUT2D eigenvalue weighted by atomic mass is 10.0. The van der Waals surface area contributed by atoms with Crippen LogP contribution in [0.25, 0.3) is 0 Å². The van der Waals surface area contributed by atoms with Crippen molar-refractivity contribution in [1.29, 1.82) is 5.26 Å². The summed E-state index contributed by atoms with van der Waals surface area (Å²) in [6, 6.07) is 24.5. The first kappa shape index (κ1) is 36.1. The predicted molar refractivity (Wildman–Crippen MR) is 174 cm³/mol. The molecule has 1 aliphatic heterocycles. The maximum atomic E-state index is 13.3. The van der Waals surface area contributed by atoms with Crippen LogP contribution in [0.15, 0.2) is 83.9 Å². The van der Waals surface area contributed by atoms with Gasteiger partial charge in [-0.1, -0.05) is 54.1 Å². The summed E-state index contributed by atoms with van der Waals surface area (Å²) in [7, 11) is 4.04. The summed E-state index contributed by atoms with van der Waals surface area (Å²) in [6.45, 7) is 4.40. The second kappa shape index (κ2) is 18.5. The number of halogens is 1. The minimum Gasteiger partial charge on any atom is -0.481 e. The van der Waals surface area contributed by atoms with Gasteiger partial charge in [0.05, 0.1) is 11.7 Å². The zero-order chi connectivity index (χ0) is 33.4. The molecule has 0 saturated carbocycles. The lowest BCUT2D eigenvalue weighted by Gasteiger charge is -2.42. The van der Waals surface area contributed by atoms with E-state index in [1.807, 2.05) is 78.6 Å². The number of carbonyl (C=O) groups excluding carboxylic acids is 1. The van der Waals surface area contributed by atoms with Gasteiger partial charge < -0.3 is 30.2 Å². The zero-order valence-electron chi connectivity index (χ0n) is 25.6. The van der Waals surface area contributed by atoms with Crippen molar-refractivity contribution < 1.29 is 24.6 Å². The van der Waals surface area contributed by atoms with Crippen LogP contribution in [-0.2, 0) is 16.1 Å². The highest BCUT2D eigenvalue weighted by Crippen LogP contribution is 2.27. The fraction of sp³-hybridized carbons (Fsp3) is 0.281. The molecular formula is C32H38ClN7O5. The minimum absolute atomic E-state index is 0.195. The number of carbonyl (C=O) groups is 3. The Hall–Kier alpha value is -5.12. The molecule has 0 bridgehead atoms. The predicted octanol–water partition coefficient (Wildman–Crippen LogP) is 5.23. The van der Waals surface area contributed by atoms with Gasteiger partial charge in [-0.05, 0) is 61.6 Å². The molecule has 0 spiro atoms. The summed E-state index contributed by atoms with van der Waals surface area (Å²) in [4.78, 5) is 42.0. The molecule has 3 aromatic carbocycles. The van der Waals surface area contributed by atoms with E-state index in [0.717, 1.165) is 37.2 Å². The van der Waals surface area contributed by atoms with Crippen molar-refractivity contribution in [2.45, 2.75) is 26.4 Å². The Morgan fingerprint density at radius 2 is 1.60 bits per heavy atom. The van der Waals surface area contributed by atoms with Gasteiger partial charge in [0.25, 0.3) is 11.9 Å². The van der Waals surface area contributed by atoms with E-state index in [9.17, 15) is 10.1 Å². The SMILES string of the molecule is CC(=O)O.CC(=O)O.CN(C)Cc1cccc(N=C(NC#N)N2CCN(C(=O)Nc3ccc(Cl)cc3)C(c3ccccc3)C2)c1. The first-order valence-electron chi connectivity index (χ1n) is 13.9. The average Bonchev–Trinajstić information content (AvgIpc) is 2.97. The Morgan fingerprint density at radius 3 is 2.18 bits per heavy atom. The Balaban J connectivity index is 0.000000789. The van der Waals surface area contributed by atoms with Crippen molar-refractivity contribution in [3.63, 3.8) is 0 Å². The van der Waals surface area contributed by atoms with Crippen LogP contribution in [0.1, 0.15) is 31.0 Å². The average molecular weight is 636 g/mol. The molecule has 238 valence electrons. The summed E-state index contributed by atoms with van der Waals surface area (Å²) in [6.07, 6.45) is 2.02. The molecule has 1 heterocycles. The number of nitriles is 1. The lowest BCUT2D eigenvalue weighted by Crippen LogP contribution is -2.55. The molecule has 1 saturated heterocycles. The standard InChI is InChI=1S/C28H30ClN7O.2C2H4O2/c1-34(2)18-21-7-6-10-25(17-21)32-27(31-20-30)35-15-16-36(26(19-35)22-8-4-3-5-9-22)28(37)33-24-13-11-23(29)12-14-24;2*1-2(3)4/h3-14,17,26H,15-16,18-19H2,1-2H3,(H,31,32)(H,33,37);2*1H3,(H,3,4). The molecule has 0 aromatic heterocycles. The summed E-state index contributed by atoms with van der Waals surface area (Å²) in [5.41, 5.74) is 3.57. The highest BCUT2D eigenvalue weighted by atomic mass is 35.5. The molecular weight excluding hydrogens is 598 g/mol. The molecule has 1 unspecified atom stereocenters. The highest BCUT2D eigenvalue weighted by molar-refractivity contribution is 6.30.